The van der Waals surface area contributed by atoms with Crippen LogP contribution in [-0.2, 0) is 6.54 Å². The number of benzene rings is 1. The molecule has 0 aliphatic carbocycles. The number of aromatic nitrogens is 4. The maximum atomic E-state index is 12.5. The van der Waals surface area contributed by atoms with Crippen molar-refractivity contribution in [2.75, 3.05) is 0 Å². The molecule has 0 amide bonds. The van der Waals surface area contributed by atoms with Gasteiger partial charge in [0, 0.05) is 12.1 Å². The Morgan fingerprint density at radius 1 is 1.28 bits per heavy atom. The van der Waals surface area contributed by atoms with E-state index in [1.54, 1.807) is 12.1 Å². The molecule has 0 unspecified atom stereocenters. The molecule has 3 heterocycles. The summed E-state index contributed by atoms with van der Waals surface area (Å²) in [5.41, 5.74) is -0.243. The zero-order valence-corrected chi connectivity index (χ0v) is 12.5. The summed E-state index contributed by atoms with van der Waals surface area (Å²) in [6, 6.07) is 7.27. The molecule has 4 rings (SSSR count). The zero-order valence-electron chi connectivity index (χ0n) is 12.5. The zero-order chi connectivity index (χ0) is 17.4. The average molecular weight is 339 g/mol. The first-order chi connectivity index (χ1) is 12.1. The van der Waals surface area contributed by atoms with Gasteiger partial charge in [-0.15, -0.1) is 0 Å². The van der Waals surface area contributed by atoms with E-state index in [0.717, 1.165) is 0 Å². The van der Waals surface area contributed by atoms with Gasteiger partial charge in [-0.2, -0.15) is 4.98 Å². The molecule has 0 saturated carbocycles. The van der Waals surface area contributed by atoms with Gasteiger partial charge in [0.05, 0.1) is 28.4 Å². The number of non-ortho nitro benzene ring substituents is 1. The quantitative estimate of drug-likeness (QED) is 0.407. The van der Waals surface area contributed by atoms with Gasteiger partial charge in [-0.3, -0.25) is 19.5 Å². The molecule has 0 atom stereocenters. The van der Waals surface area contributed by atoms with Crippen LogP contribution in [0.2, 0.25) is 0 Å². The Hall–Kier alpha value is -3.82. The number of nitro groups is 1. The largest absolute Gasteiger partial charge is 0.461 e. The van der Waals surface area contributed by atoms with Crippen LogP contribution in [0.3, 0.4) is 0 Å². The number of nitrogens with zero attached hydrogens (tertiary/aromatic N) is 5. The van der Waals surface area contributed by atoms with E-state index in [0.29, 0.717) is 5.76 Å². The summed E-state index contributed by atoms with van der Waals surface area (Å²) in [5.74, 6) is 0.931. The number of fused-ring (bicyclic) bond motifs is 1. The highest BCUT2D eigenvalue weighted by molar-refractivity contribution is 5.79. The van der Waals surface area contributed by atoms with E-state index in [1.807, 2.05) is 0 Å². The predicted molar refractivity (Wildman–Crippen MR) is 83.8 cm³/mol. The Bertz CT molecular complexity index is 1130. The lowest BCUT2D eigenvalue weighted by Crippen LogP contribution is -2.21. The van der Waals surface area contributed by atoms with Crippen molar-refractivity contribution in [2.24, 2.45) is 0 Å². The van der Waals surface area contributed by atoms with E-state index in [2.05, 4.69) is 15.1 Å². The minimum absolute atomic E-state index is 0.0203. The second kappa shape index (κ2) is 5.67. The van der Waals surface area contributed by atoms with Gasteiger partial charge in [0.1, 0.15) is 6.54 Å². The van der Waals surface area contributed by atoms with E-state index >= 15 is 0 Å². The summed E-state index contributed by atoms with van der Waals surface area (Å²) in [6.07, 6.45) is 2.77. The van der Waals surface area contributed by atoms with Crippen molar-refractivity contribution in [1.29, 1.82) is 0 Å². The second-order valence-corrected chi connectivity index (χ2v) is 5.13. The third-order valence-corrected chi connectivity index (χ3v) is 3.53. The fourth-order valence-electron chi connectivity index (χ4n) is 2.34. The molecule has 124 valence electrons. The lowest BCUT2D eigenvalue weighted by atomic mass is 10.2. The third kappa shape index (κ3) is 2.65. The van der Waals surface area contributed by atoms with Gasteiger partial charge in [-0.1, -0.05) is 5.16 Å². The molecule has 0 fully saturated rings. The number of hydrogen-bond acceptors (Lipinski definition) is 8. The summed E-state index contributed by atoms with van der Waals surface area (Å²) < 4.78 is 11.6. The Balaban J connectivity index is 1.68. The highest BCUT2D eigenvalue weighted by Gasteiger charge is 2.14. The van der Waals surface area contributed by atoms with Crippen LogP contribution in [0.15, 0.2) is 56.7 Å². The molecule has 3 aromatic heterocycles. The number of nitro benzene ring substituents is 1. The predicted octanol–water partition coefficient (Wildman–Crippen LogP) is 2.00. The maximum Gasteiger partial charge on any atom is 0.271 e. The Kier molecular flexibility index (Phi) is 3.35. The van der Waals surface area contributed by atoms with Crippen molar-refractivity contribution in [3.05, 3.63) is 69.3 Å². The number of hydrogen-bond donors (Lipinski definition) is 0. The monoisotopic (exact) mass is 339 g/mol. The minimum atomic E-state index is -0.540. The molecule has 1 aromatic carbocycles. The van der Waals surface area contributed by atoms with E-state index in [1.165, 1.54) is 35.4 Å². The topological polar surface area (TPSA) is 130 Å². The van der Waals surface area contributed by atoms with Gasteiger partial charge in [-0.25, -0.2) is 4.98 Å². The van der Waals surface area contributed by atoms with Crippen LogP contribution in [0.4, 0.5) is 5.69 Å². The van der Waals surface area contributed by atoms with Crippen LogP contribution in [0.1, 0.15) is 5.89 Å². The Morgan fingerprint density at radius 2 is 2.16 bits per heavy atom. The first-order valence-electron chi connectivity index (χ1n) is 7.12. The van der Waals surface area contributed by atoms with Crippen LogP contribution in [0.5, 0.6) is 0 Å². The van der Waals surface area contributed by atoms with Crippen molar-refractivity contribution in [1.82, 2.24) is 19.7 Å². The summed E-state index contributed by atoms with van der Waals surface area (Å²) in [6.45, 7) is 0.0203. The van der Waals surface area contributed by atoms with Crippen LogP contribution in [-0.4, -0.2) is 24.6 Å². The molecule has 0 N–H and O–H groups in total. The van der Waals surface area contributed by atoms with Crippen LogP contribution in [0.25, 0.3) is 22.5 Å². The average Bonchev–Trinajstić information content (AvgIpc) is 3.28. The molecule has 4 aromatic rings. The molecule has 0 aliphatic heterocycles. The number of furan rings is 1. The van der Waals surface area contributed by atoms with Gasteiger partial charge in [0.25, 0.3) is 11.2 Å². The molecule has 0 spiro atoms. The van der Waals surface area contributed by atoms with E-state index in [9.17, 15) is 14.9 Å². The van der Waals surface area contributed by atoms with Gasteiger partial charge < -0.3 is 8.94 Å². The highest BCUT2D eigenvalue weighted by atomic mass is 16.6. The maximum absolute atomic E-state index is 12.5. The Labute approximate surface area is 138 Å². The summed E-state index contributed by atoms with van der Waals surface area (Å²) >= 11 is 0. The fourth-order valence-corrected chi connectivity index (χ4v) is 2.34. The van der Waals surface area contributed by atoms with E-state index < -0.39 is 4.92 Å². The minimum Gasteiger partial charge on any atom is -0.461 e. The molecular weight excluding hydrogens is 330 g/mol. The smallest absolute Gasteiger partial charge is 0.271 e. The molecule has 0 radical (unpaired) electrons. The lowest BCUT2D eigenvalue weighted by molar-refractivity contribution is -0.384. The van der Waals surface area contributed by atoms with Crippen LogP contribution < -0.4 is 5.56 Å². The van der Waals surface area contributed by atoms with Crippen molar-refractivity contribution < 1.29 is 13.9 Å². The lowest BCUT2D eigenvalue weighted by Gasteiger charge is -2.03. The molecule has 0 saturated heterocycles. The fraction of sp³-hybridized carbons (Fsp3) is 0.0667. The standard InChI is InChI=1S/C15H9N5O5/c21-15-10-4-3-9(20(22)23)6-11(10)16-8-19(15)7-13-17-14(18-25-13)12-2-1-5-24-12/h1-6,8H,7H2. The van der Waals surface area contributed by atoms with Crippen molar-refractivity contribution in [2.45, 2.75) is 6.54 Å². The van der Waals surface area contributed by atoms with Gasteiger partial charge >= 0.3 is 0 Å². The van der Waals surface area contributed by atoms with Gasteiger partial charge in [0.2, 0.25) is 11.7 Å². The van der Waals surface area contributed by atoms with E-state index in [4.69, 9.17) is 8.94 Å². The SMILES string of the molecule is O=c1c2ccc([N+](=O)[O-])cc2ncn1Cc1nc(-c2ccco2)no1. The van der Waals surface area contributed by atoms with E-state index in [-0.39, 0.29) is 40.4 Å². The first-order valence-corrected chi connectivity index (χ1v) is 7.12. The Morgan fingerprint density at radius 3 is 2.92 bits per heavy atom. The summed E-state index contributed by atoms with van der Waals surface area (Å²) in [7, 11) is 0. The molecule has 10 nitrogen and oxygen atoms in total. The van der Waals surface area contributed by atoms with Crippen LogP contribution in [0, 0.1) is 10.1 Å². The second-order valence-electron chi connectivity index (χ2n) is 5.13. The molecule has 25 heavy (non-hydrogen) atoms. The highest BCUT2D eigenvalue weighted by Crippen LogP contribution is 2.17. The van der Waals surface area contributed by atoms with Crippen molar-refractivity contribution >= 4 is 16.6 Å². The van der Waals surface area contributed by atoms with Crippen molar-refractivity contribution in [3.8, 4) is 11.6 Å². The summed E-state index contributed by atoms with van der Waals surface area (Å²) in [4.78, 5) is 31.0. The van der Waals surface area contributed by atoms with Gasteiger partial charge in [-0.05, 0) is 18.2 Å². The third-order valence-electron chi connectivity index (χ3n) is 3.53. The van der Waals surface area contributed by atoms with Crippen molar-refractivity contribution in [3.63, 3.8) is 0 Å². The normalized spacial score (nSPS) is 11.0. The first kappa shape index (κ1) is 14.8. The molecule has 10 heteroatoms. The number of rotatable bonds is 4. The van der Waals surface area contributed by atoms with Crippen LogP contribution >= 0.6 is 0 Å². The molecular formula is C15H9N5O5. The summed E-state index contributed by atoms with van der Waals surface area (Å²) in [5, 5.41) is 14.8. The van der Waals surface area contributed by atoms with Gasteiger partial charge in [0.15, 0.2) is 5.76 Å². The molecule has 0 aliphatic rings. The molecule has 0 bridgehead atoms.